The van der Waals surface area contributed by atoms with E-state index >= 15 is 0 Å². The number of carbonyl (C=O) groups excluding carboxylic acids is 2. The zero-order valence-corrected chi connectivity index (χ0v) is 17.1. The van der Waals surface area contributed by atoms with Gasteiger partial charge in [-0.25, -0.2) is 10.7 Å². The second kappa shape index (κ2) is 18.3. The molecular formula is C19H35N3O7. The van der Waals surface area contributed by atoms with Crippen LogP contribution in [0.15, 0.2) is 12.2 Å². The van der Waals surface area contributed by atoms with E-state index in [0.717, 1.165) is 32.1 Å². The quantitative estimate of drug-likeness (QED) is 0.201. The molecule has 0 saturated carbocycles. The molecule has 0 aromatic carbocycles. The largest absolute Gasteiger partial charge is 0.446 e. The van der Waals surface area contributed by atoms with Crippen molar-refractivity contribution in [3.63, 3.8) is 0 Å². The van der Waals surface area contributed by atoms with Crippen LogP contribution in [-0.4, -0.2) is 77.4 Å². The fourth-order valence-corrected chi connectivity index (χ4v) is 2.59. The first kappa shape index (κ1) is 25.3. The Hall–Kier alpha value is -1.72. The summed E-state index contributed by atoms with van der Waals surface area (Å²) in [4.78, 5) is 27.0. The van der Waals surface area contributed by atoms with Crippen LogP contribution in [0, 0.1) is 0 Å². The Morgan fingerprint density at radius 3 is 2.17 bits per heavy atom. The van der Waals surface area contributed by atoms with E-state index in [2.05, 4.69) is 27.6 Å². The topological polar surface area (TPSA) is 130 Å². The Bertz CT molecular complexity index is 463. The molecule has 4 N–H and O–H groups in total. The molecule has 1 aliphatic rings. The van der Waals surface area contributed by atoms with Crippen molar-refractivity contribution in [3.8, 4) is 0 Å². The first-order valence-electron chi connectivity index (χ1n) is 10.1. The number of hydrogen-bond acceptors (Lipinski definition) is 8. The number of nitrogens with two attached hydrogens (primary N) is 1. The number of alkyl carbamates (subject to hydrolysis) is 1. The van der Waals surface area contributed by atoms with Crippen LogP contribution in [0.3, 0.4) is 0 Å². The molecule has 29 heavy (non-hydrogen) atoms. The van der Waals surface area contributed by atoms with Crippen LogP contribution in [0.1, 0.15) is 32.1 Å². The Morgan fingerprint density at radius 1 is 0.862 bits per heavy atom. The zero-order valence-electron chi connectivity index (χ0n) is 17.1. The molecule has 0 aromatic rings. The third-order valence-corrected chi connectivity index (χ3v) is 4.04. The maximum absolute atomic E-state index is 11.8. The molecule has 0 fully saturated rings. The molecule has 0 aliphatic heterocycles. The van der Waals surface area contributed by atoms with Crippen molar-refractivity contribution in [1.29, 1.82) is 0 Å². The van der Waals surface area contributed by atoms with Gasteiger partial charge in [0.25, 0.3) is 0 Å². The lowest BCUT2D eigenvalue weighted by Crippen LogP contribution is -2.32. The number of ether oxygens (including phenoxy) is 4. The van der Waals surface area contributed by atoms with Crippen LogP contribution in [0.5, 0.6) is 0 Å². The molecule has 0 saturated heterocycles. The van der Waals surface area contributed by atoms with Crippen LogP contribution < -0.4 is 16.5 Å². The lowest BCUT2D eigenvalue weighted by molar-refractivity contribution is -0.126. The van der Waals surface area contributed by atoms with E-state index in [1.807, 2.05) is 0 Å². The second-order valence-electron chi connectivity index (χ2n) is 6.43. The van der Waals surface area contributed by atoms with Crippen LogP contribution in [-0.2, 0) is 28.6 Å². The molecule has 1 atom stereocenters. The molecular weight excluding hydrogens is 382 g/mol. The maximum atomic E-state index is 11.8. The van der Waals surface area contributed by atoms with E-state index < -0.39 is 0 Å². The van der Waals surface area contributed by atoms with Gasteiger partial charge < -0.3 is 29.6 Å². The van der Waals surface area contributed by atoms with Gasteiger partial charge in [-0.2, -0.15) is 0 Å². The lowest BCUT2D eigenvalue weighted by Gasteiger charge is -2.18. The smallest absolute Gasteiger partial charge is 0.407 e. The molecule has 168 valence electrons. The number of allylic oxidation sites excluding steroid dienone is 2. The standard InChI is InChI=1S/C19H35N3O7/c20-28-16-18(23)21-8-10-25-12-14-27-15-13-26-11-9-22-19(24)29-17-6-4-2-1-3-5-7-17/h1-2,17H,3-16,20H2,(H,21,23)(H,22,24)/b2-1+/t17-/m1/s1. The highest BCUT2D eigenvalue weighted by Gasteiger charge is 2.14. The predicted octanol–water partition coefficient (Wildman–Crippen LogP) is 0.658. The zero-order chi connectivity index (χ0) is 21.0. The van der Waals surface area contributed by atoms with Gasteiger partial charge in [0.15, 0.2) is 0 Å². The summed E-state index contributed by atoms with van der Waals surface area (Å²) in [6.07, 6.45) is 8.77. The molecule has 0 radical (unpaired) electrons. The highest BCUT2D eigenvalue weighted by molar-refractivity contribution is 5.77. The van der Waals surface area contributed by atoms with E-state index in [1.165, 1.54) is 0 Å². The predicted molar refractivity (Wildman–Crippen MR) is 106 cm³/mol. The number of rotatable bonds is 15. The van der Waals surface area contributed by atoms with E-state index in [-0.39, 0.29) is 24.7 Å². The van der Waals surface area contributed by atoms with Crippen molar-refractivity contribution in [2.45, 2.75) is 38.2 Å². The van der Waals surface area contributed by atoms with Crippen molar-refractivity contribution < 1.29 is 33.4 Å². The fourth-order valence-electron chi connectivity index (χ4n) is 2.59. The molecule has 0 spiro atoms. The van der Waals surface area contributed by atoms with Crippen molar-refractivity contribution in [2.75, 3.05) is 59.3 Å². The molecule has 0 heterocycles. The van der Waals surface area contributed by atoms with Crippen LogP contribution >= 0.6 is 0 Å². The van der Waals surface area contributed by atoms with Gasteiger partial charge in [-0.15, -0.1) is 0 Å². The molecule has 2 amide bonds. The van der Waals surface area contributed by atoms with Crippen molar-refractivity contribution in [2.24, 2.45) is 5.90 Å². The minimum absolute atomic E-state index is 0.00675. The van der Waals surface area contributed by atoms with Gasteiger partial charge in [0.2, 0.25) is 5.91 Å². The fraction of sp³-hybridized carbons (Fsp3) is 0.789. The monoisotopic (exact) mass is 417 g/mol. The number of hydrogen-bond donors (Lipinski definition) is 3. The van der Waals surface area contributed by atoms with Crippen molar-refractivity contribution in [1.82, 2.24) is 10.6 Å². The number of nitrogens with one attached hydrogen (secondary N) is 2. The van der Waals surface area contributed by atoms with Gasteiger partial charge in [0, 0.05) is 13.1 Å². The Balaban J connectivity index is 1.82. The SMILES string of the molecule is NOCC(=O)NCCOCCOCCOCCNC(=O)O[C@@H]1CC/C=C/CCC1. The van der Waals surface area contributed by atoms with E-state index in [1.54, 1.807) is 0 Å². The van der Waals surface area contributed by atoms with Gasteiger partial charge in [-0.05, 0) is 32.1 Å². The Morgan fingerprint density at radius 2 is 1.48 bits per heavy atom. The van der Waals surface area contributed by atoms with E-state index in [9.17, 15) is 9.59 Å². The number of amides is 2. The lowest BCUT2D eigenvalue weighted by atomic mass is 10.0. The molecule has 10 nitrogen and oxygen atoms in total. The van der Waals surface area contributed by atoms with Gasteiger partial charge in [0.05, 0.1) is 39.6 Å². The second-order valence-corrected chi connectivity index (χ2v) is 6.43. The highest BCUT2D eigenvalue weighted by Crippen LogP contribution is 2.15. The summed E-state index contributed by atoms with van der Waals surface area (Å²) in [5, 5.41) is 5.28. The third kappa shape index (κ3) is 15.8. The van der Waals surface area contributed by atoms with Crippen LogP contribution in [0.25, 0.3) is 0 Å². The van der Waals surface area contributed by atoms with Crippen molar-refractivity contribution in [3.05, 3.63) is 12.2 Å². The Labute approximate surface area is 172 Å². The third-order valence-electron chi connectivity index (χ3n) is 4.04. The first-order valence-corrected chi connectivity index (χ1v) is 10.1. The summed E-state index contributed by atoms with van der Waals surface area (Å²) in [6.45, 7) is 3.13. The van der Waals surface area contributed by atoms with Crippen molar-refractivity contribution >= 4 is 12.0 Å². The molecule has 1 rings (SSSR count). The van der Waals surface area contributed by atoms with Crippen LogP contribution in [0.4, 0.5) is 4.79 Å². The van der Waals surface area contributed by atoms with Gasteiger partial charge in [0.1, 0.15) is 12.7 Å². The minimum atomic E-state index is -0.386. The normalized spacial score (nSPS) is 17.8. The Kier molecular flexibility index (Phi) is 16.0. The molecule has 10 heteroatoms. The highest BCUT2D eigenvalue weighted by atomic mass is 16.6. The summed E-state index contributed by atoms with van der Waals surface area (Å²) in [5.41, 5.74) is 0. The number of carbonyl (C=O) groups is 2. The maximum Gasteiger partial charge on any atom is 0.407 e. The molecule has 0 unspecified atom stereocenters. The molecule has 0 aromatic heterocycles. The van der Waals surface area contributed by atoms with Crippen LogP contribution in [0.2, 0.25) is 0 Å². The molecule has 1 aliphatic carbocycles. The average Bonchev–Trinajstić information content (AvgIpc) is 2.67. The minimum Gasteiger partial charge on any atom is -0.446 e. The molecule has 0 bridgehead atoms. The van der Waals surface area contributed by atoms with Gasteiger partial charge in [-0.1, -0.05) is 12.2 Å². The van der Waals surface area contributed by atoms with Gasteiger partial charge in [-0.3, -0.25) is 9.63 Å². The average molecular weight is 418 g/mol. The summed E-state index contributed by atoms with van der Waals surface area (Å²) < 4.78 is 21.5. The summed E-state index contributed by atoms with van der Waals surface area (Å²) >= 11 is 0. The summed E-state index contributed by atoms with van der Waals surface area (Å²) in [7, 11) is 0. The summed E-state index contributed by atoms with van der Waals surface area (Å²) in [6, 6.07) is 0. The van der Waals surface area contributed by atoms with E-state index in [0.29, 0.717) is 52.7 Å². The first-order chi connectivity index (χ1) is 14.2. The van der Waals surface area contributed by atoms with E-state index in [4.69, 9.17) is 24.8 Å². The summed E-state index contributed by atoms with van der Waals surface area (Å²) in [5.74, 6) is 4.49. The van der Waals surface area contributed by atoms with Gasteiger partial charge >= 0.3 is 6.09 Å².